The summed E-state index contributed by atoms with van der Waals surface area (Å²) in [5.74, 6) is 1.19. The number of furan rings is 1. The number of hydrogen-bond acceptors (Lipinski definition) is 2. The zero-order chi connectivity index (χ0) is 11.8. The van der Waals surface area contributed by atoms with E-state index in [4.69, 9.17) is 4.42 Å². The van der Waals surface area contributed by atoms with Gasteiger partial charge >= 0.3 is 0 Å². The minimum Gasteiger partial charge on any atom is -0.461 e. The molecule has 1 aromatic heterocycles. The zero-order valence-corrected chi connectivity index (χ0v) is 9.72. The highest BCUT2D eigenvalue weighted by Crippen LogP contribution is 2.49. The molecule has 2 unspecified atom stereocenters. The normalized spacial score (nSPS) is 22.4. The average molecular weight is 226 g/mol. The highest BCUT2D eigenvalue weighted by molar-refractivity contribution is 5.99. The Morgan fingerprint density at radius 2 is 2.00 bits per heavy atom. The molecule has 1 aromatic carbocycles. The van der Waals surface area contributed by atoms with E-state index in [1.807, 2.05) is 31.2 Å². The predicted molar refractivity (Wildman–Crippen MR) is 65.1 cm³/mol. The van der Waals surface area contributed by atoms with Crippen molar-refractivity contribution < 1.29 is 9.21 Å². The van der Waals surface area contributed by atoms with Crippen molar-refractivity contribution in [2.75, 3.05) is 0 Å². The summed E-state index contributed by atoms with van der Waals surface area (Å²) < 4.78 is 5.26. The highest BCUT2D eigenvalue weighted by Gasteiger charge is 2.45. The number of benzene rings is 1. The maximum atomic E-state index is 12.2. The molecule has 0 spiro atoms. The lowest BCUT2D eigenvalue weighted by molar-refractivity contribution is 0.0937. The van der Waals surface area contributed by atoms with Gasteiger partial charge in [0, 0.05) is 5.92 Å². The van der Waals surface area contributed by atoms with Crippen LogP contribution < -0.4 is 0 Å². The van der Waals surface area contributed by atoms with Gasteiger partial charge in [0.1, 0.15) is 0 Å². The van der Waals surface area contributed by atoms with Gasteiger partial charge in [-0.15, -0.1) is 0 Å². The van der Waals surface area contributed by atoms with E-state index in [0.29, 0.717) is 11.7 Å². The van der Waals surface area contributed by atoms with Crippen molar-refractivity contribution >= 4 is 5.78 Å². The van der Waals surface area contributed by atoms with E-state index in [1.54, 1.807) is 6.26 Å². The molecule has 0 N–H and O–H groups in total. The quantitative estimate of drug-likeness (QED) is 0.749. The summed E-state index contributed by atoms with van der Waals surface area (Å²) in [6.07, 6.45) is 2.53. The van der Waals surface area contributed by atoms with Crippen LogP contribution in [0.4, 0.5) is 0 Å². The molecule has 2 heteroatoms. The van der Waals surface area contributed by atoms with Crippen LogP contribution in [0.2, 0.25) is 0 Å². The molecular formula is C15H14O2. The molecule has 1 saturated carbocycles. The molecule has 1 aliphatic rings. The fraction of sp³-hybridized carbons (Fsp3) is 0.267. The van der Waals surface area contributed by atoms with Crippen molar-refractivity contribution in [3.8, 4) is 0 Å². The lowest BCUT2D eigenvalue weighted by Gasteiger charge is -1.99. The third kappa shape index (κ3) is 1.80. The van der Waals surface area contributed by atoms with Gasteiger partial charge in [-0.1, -0.05) is 30.3 Å². The predicted octanol–water partition coefficient (Wildman–Crippen LogP) is 3.57. The van der Waals surface area contributed by atoms with Crippen molar-refractivity contribution in [2.24, 2.45) is 5.92 Å². The molecule has 17 heavy (non-hydrogen) atoms. The van der Waals surface area contributed by atoms with Gasteiger partial charge in [-0.05, 0) is 36.5 Å². The van der Waals surface area contributed by atoms with Gasteiger partial charge in [-0.25, -0.2) is 0 Å². The van der Waals surface area contributed by atoms with Gasteiger partial charge < -0.3 is 4.42 Å². The maximum absolute atomic E-state index is 12.2. The van der Waals surface area contributed by atoms with Crippen LogP contribution in [-0.4, -0.2) is 5.78 Å². The highest BCUT2D eigenvalue weighted by atomic mass is 16.3. The van der Waals surface area contributed by atoms with Gasteiger partial charge in [-0.3, -0.25) is 4.79 Å². The van der Waals surface area contributed by atoms with Crippen LogP contribution in [-0.2, 0) is 0 Å². The lowest BCUT2D eigenvalue weighted by atomic mass is 10.1. The van der Waals surface area contributed by atoms with Crippen molar-refractivity contribution in [2.45, 2.75) is 19.3 Å². The summed E-state index contributed by atoms with van der Waals surface area (Å²) in [5, 5.41) is 0. The third-order valence-electron chi connectivity index (χ3n) is 3.44. The Balaban J connectivity index is 1.78. The number of aryl methyl sites for hydroxylation is 1. The lowest BCUT2D eigenvalue weighted by Crippen LogP contribution is -2.03. The standard InChI is InChI=1S/C15H14O2/c1-10-7-8-17-15(10)14(16)13-9-12(13)11-5-3-2-4-6-11/h2-8,12-13H,9H2,1H3. The van der Waals surface area contributed by atoms with Crippen LogP contribution in [0.25, 0.3) is 0 Å². The summed E-state index contributed by atoms with van der Waals surface area (Å²) in [4.78, 5) is 12.2. The van der Waals surface area contributed by atoms with Crippen molar-refractivity contribution in [3.05, 3.63) is 59.5 Å². The summed E-state index contributed by atoms with van der Waals surface area (Å²) >= 11 is 0. The summed E-state index contributed by atoms with van der Waals surface area (Å²) in [7, 11) is 0. The Bertz CT molecular complexity index is 539. The SMILES string of the molecule is Cc1ccoc1C(=O)C1CC1c1ccccc1. The van der Waals surface area contributed by atoms with Gasteiger partial charge in [-0.2, -0.15) is 0 Å². The molecule has 2 aromatic rings. The van der Waals surface area contributed by atoms with Crippen LogP contribution in [0.15, 0.2) is 47.1 Å². The van der Waals surface area contributed by atoms with E-state index in [2.05, 4.69) is 12.1 Å². The first-order chi connectivity index (χ1) is 8.27. The Hall–Kier alpha value is -1.83. The smallest absolute Gasteiger partial charge is 0.201 e. The van der Waals surface area contributed by atoms with Crippen LogP contribution >= 0.6 is 0 Å². The first-order valence-electron chi connectivity index (χ1n) is 5.90. The molecule has 0 amide bonds. The fourth-order valence-corrected chi connectivity index (χ4v) is 2.35. The van der Waals surface area contributed by atoms with Crippen LogP contribution in [0.5, 0.6) is 0 Å². The van der Waals surface area contributed by atoms with E-state index in [9.17, 15) is 4.79 Å². The minimum absolute atomic E-state index is 0.113. The summed E-state index contributed by atoms with van der Waals surface area (Å²) in [6, 6.07) is 12.1. The molecule has 0 bridgehead atoms. The molecule has 86 valence electrons. The second kappa shape index (κ2) is 3.88. The molecule has 1 heterocycles. The Kier molecular flexibility index (Phi) is 2.36. The fourth-order valence-electron chi connectivity index (χ4n) is 2.35. The molecule has 1 aliphatic carbocycles. The Labute approximate surface area is 100 Å². The number of Topliss-reactive ketones (excluding diaryl/α,β-unsaturated/α-hetero) is 1. The number of rotatable bonds is 3. The molecule has 3 rings (SSSR count). The molecule has 0 saturated heterocycles. The second-order valence-electron chi connectivity index (χ2n) is 4.66. The van der Waals surface area contributed by atoms with Crippen molar-refractivity contribution in [1.82, 2.24) is 0 Å². The van der Waals surface area contributed by atoms with E-state index >= 15 is 0 Å². The number of hydrogen-bond donors (Lipinski definition) is 0. The van der Waals surface area contributed by atoms with E-state index < -0.39 is 0 Å². The average Bonchev–Trinajstić information content (AvgIpc) is 3.05. The van der Waals surface area contributed by atoms with E-state index in [1.165, 1.54) is 5.56 Å². The number of carbonyl (C=O) groups is 1. The molecule has 0 aliphatic heterocycles. The topological polar surface area (TPSA) is 30.2 Å². The molecule has 0 radical (unpaired) electrons. The maximum Gasteiger partial charge on any atom is 0.201 e. The van der Waals surface area contributed by atoms with Gasteiger partial charge in [0.15, 0.2) is 5.76 Å². The van der Waals surface area contributed by atoms with E-state index in [-0.39, 0.29) is 11.7 Å². The zero-order valence-electron chi connectivity index (χ0n) is 9.72. The summed E-state index contributed by atoms with van der Waals surface area (Å²) in [6.45, 7) is 1.91. The first-order valence-corrected chi connectivity index (χ1v) is 5.90. The minimum atomic E-state index is 0.113. The van der Waals surface area contributed by atoms with Gasteiger partial charge in [0.05, 0.1) is 6.26 Å². The van der Waals surface area contributed by atoms with Gasteiger partial charge in [0.25, 0.3) is 0 Å². The van der Waals surface area contributed by atoms with E-state index in [0.717, 1.165) is 12.0 Å². The monoisotopic (exact) mass is 226 g/mol. The molecule has 1 fully saturated rings. The van der Waals surface area contributed by atoms with Crippen LogP contribution in [0.1, 0.15) is 34.0 Å². The van der Waals surface area contributed by atoms with Crippen molar-refractivity contribution in [3.63, 3.8) is 0 Å². The van der Waals surface area contributed by atoms with Crippen LogP contribution in [0.3, 0.4) is 0 Å². The van der Waals surface area contributed by atoms with Crippen molar-refractivity contribution in [1.29, 1.82) is 0 Å². The Morgan fingerprint density at radius 3 is 2.65 bits per heavy atom. The third-order valence-corrected chi connectivity index (χ3v) is 3.44. The largest absolute Gasteiger partial charge is 0.461 e. The number of ketones is 1. The molecule has 2 nitrogen and oxygen atoms in total. The first kappa shape index (κ1) is 10.3. The second-order valence-corrected chi connectivity index (χ2v) is 4.66. The number of carbonyl (C=O) groups excluding carboxylic acids is 1. The molecular weight excluding hydrogens is 212 g/mol. The van der Waals surface area contributed by atoms with Crippen LogP contribution in [0, 0.1) is 12.8 Å². The van der Waals surface area contributed by atoms with Gasteiger partial charge in [0.2, 0.25) is 5.78 Å². The summed E-state index contributed by atoms with van der Waals surface area (Å²) in [5.41, 5.74) is 2.20. The molecule has 2 atom stereocenters. The Morgan fingerprint density at radius 1 is 1.24 bits per heavy atom.